The van der Waals surface area contributed by atoms with Gasteiger partial charge in [-0.15, -0.1) is 0 Å². The number of sulfonamides is 1. The summed E-state index contributed by atoms with van der Waals surface area (Å²) in [5, 5.41) is 2.93. The Kier molecular flexibility index (Phi) is 12.2. The molecule has 0 bridgehead atoms. The summed E-state index contributed by atoms with van der Waals surface area (Å²) < 4.78 is 32.6. The van der Waals surface area contributed by atoms with Crippen LogP contribution in [0.1, 0.15) is 44.2 Å². The van der Waals surface area contributed by atoms with Gasteiger partial charge in [0.15, 0.2) is 0 Å². The van der Waals surface area contributed by atoms with Gasteiger partial charge in [-0.3, -0.25) is 13.9 Å². The fourth-order valence-corrected chi connectivity index (χ4v) is 5.31. The van der Waals surface area contributed by atoms with Crippen LogP contribution in [0.3, 0.4) is 0 Å². The maximum Gasteiger partial charge on any atom is 0.244 e. The molecular formula is C32H41N3O5S. The fourth-order valence-electron chi connectivity index (χ4n) is 4.47. The van der Waals surface area contributed by atoms with E-state index in [2.05, 4.69) is 5.32 Å². The Morgan fingerprint density at radius 2 is 1.49 bits per heavy atom. The van der Waals surface area contributed by atoms with Gasteiger partial charge in [-0.1, -0.05) is 80.9 Å². The van der Waals surface area contributed by atoms with Crippen molar-refractivity contribution in [3.05, 3.63) is 96.1 Å². The second-order valence-corrected chi connectivity index (χ2v) is 11.8. The summed E-state index contributed by atoms with van der Waals surface area (Å²) in [5.41, 5.74) is 2.38. The zero-order chi connectivity index (χ0) is 29.7. The van der Waals surface area contributed by atoms with Crippen LogP contribution >= 0.6 is 0 Å². The number of rotatable bonds is 16. The van der Waals surface area contributed by atoms with E-state index in [0.717, 1.165) is 34.5 Å². The van der Waals surface area contributed by atoms with Gasteiger partial charge in [-0.2, -0.15) is 0 Å². The second-order valence-electron chi connectivity index (χ2n) is 9.93. The Balaban J connectivity index is 1.79. The third-order valence-corrected chi connectivity index (χ3v) is 7.89. The number of anilines is 1. The van der Waals surface area contributed by atoms with Gasteiger partial charge in [-0.05, 0) is 54.7 Å². The number of ether oxygens (including phenoxy) is 1. The highest BCUT2D eigenvalue weighted by molar-refractivity contribution is 7.92. The van der Waals surface area contributed by atoms with Crippen molar-refractivity contribution in [2.45, 2.75) is 52.2 Å². The summed E-state index contributed by atoms with van der Waals surface area (Å²) in [7, 11) is -3.81. The summed E-state index contributed by atoms with van der Waals surface area (Å²) in [5.74, 6) is -0.0851. The maximum atomic E-state index is 13.8. The topological polar surface area (TPSA) is 96.0 Å². The van der Waals surface area contributed by atoms with Crippen molar-refractivity contribution in [1.29, 1.82) is 0 Å². The summed E-state index contributed by atoms with van der Waals surface area (Å²) in [4.78, 5) is 28.4. The molecule has 0 fully saturated rings. The number of hydrogen-bond acceptors (Lipinski definition) is 5. The average molecular weight is 580 g/mol. The largest absolute Gasteiger partial charge is 0.489 e. The number of benzene rings is 3. The summed E-state index contributed by atoms with van der Waals surface area (Å²) in [6.45, 7) is 4.67. The molecule has 0 unspecified atom stereocenters. The predicted octanol–water partition coefficient (Wildman–Crippen LogP) is 4.80. The van der Waals surface area contributed by atoms with Gasteiger partial charge in [-0.25, -0.2) is 8.42 Å². The number of nitrogens with one attached hydrogen (secondary N) is 1. The molecule has 3 rings (SSSR count). The van der Waals surface area contributed by atoms with E-state index >= 15 is 0 Å². The Labute approximate surface area is 244 Å². The molecule has 1 atom stereocenters. The quantitative estimate of drug-likeness (QED) is 0.246. The number of unbranched alkanes of at least 4 members (excludes halogenated alkanes) is 1. The van der Waals surface area contributed by atoms with Crippen molar-refractivity contribution in [2.75, 3.05) is 30.2 Å². The number of carbonyl (C=O) groups is 2. The first kappa shape index (κ1) is 31.7. The van der Waals surface area contributed by atoms with E-state index in [9.17, 15) is 18.0 Å². The first-order chi connectivity index (χ1) is 19.7. The molecule has 0 aliphatic rings. The lowest BCUT2D eigenvalue weighted by Gasteiger charge is -2.33. The van der Waals surface area contributed by atoms with Gasteiger partial charge in [0.25, 0.3) is 0 Å². The number of nitrogens with zero attached hydrogens (tertiary/aromatic N) is 2. The van der Waals surface area contributed by atoms with Crippen LogP contribution in [0.5, 0.6) is 5.75 Å². The van der Waals surface area contributed by atoms with Crippen LogP contribution in [-0.2, 0) is 32.6 Å². The van der Waals surface area contributed by atoms with Crippen LogP contribution in [0.4, 0.5) is 5.69 Å². The minimum Gasteiger partial charge on any atom is -0.489 e. The first-order valence-corrected chi connectivity index (χ1v) is 15.9. The third kappa shape index (κ3) is 9.93. The molecule has 41 heavy (non-hydrogen) atoms. The molecular weight excluding hydrogens is 538 g/mol. The first-order valence-electron chi connectivity index (χ1n) is 14.1. The third-order valence-electron chi connectivity index (χ3n) is 6.75. The van der Waals surface area contributed by atoms with Crippen molar-refractivity contribution < 1.29 is 22.7 Å². The van der Waals surface area contributed by atoms with E-state index in [-0.39, 0.29) is 12.5 Å². The Bertz CT molecular complexity index is 1330. The van der Waals surface area contributed by atoms with Crippen LogP contribution in [0.2, 0.25) is 0 Å². The SMILES string of the molecule is CCCCNC(=O)[C@@H](CC)N(CCc1ccccc1)C(=O)CN(c1ccc(OCc2ccccc2)cc1)S(C)(=O)=O. The van der Waals surface area contributed by atoms with Crippen LogP contribution in [0.15, 0.2) is 84.9 Å². The molecule has 220 valence electrons. The zero-order valence-electron chi connectivity index (χ0n) is 24.2. The van der Waals surface area contributed by atoms with Gasteiger partial charge in [0.1, 0.15) is 24.9 Å². The van der Waals surface area contributed by atoms with Crippen molar-refractivity contribution in [2.24, 2.45) is 0 Å². The molecule has 0 aromatic heterocycles. The highest BCUT2D eigenvalue weighted by Gasteiger charge is 2.31. The van der Waals surface area contributed by atoms with Crippen LogP contribution < -0.4 is 14.4 Å². The van der Waals surface area contributed by atoms with Gasteiger partial charge in [0.05, 0.1) is 11.9 Å². The molecule has 3 aromatic rings. The van der Waals surface area contributed by atoms with Crippen molar-refractivity contribution >= 4 is 27.5 Å². The van der Waals surface area contributed by atoms with Crippen LogP contribution in [-0.4, -0.2) is 57.1 Å². The smallest absolute Gasteiger partial charge is 0.244 e. The van der Waals surface area contributed by atoms with E-state index < -0.39 is 28.5 Å². The van der Waals surface area contributed by atoms with Gasteiger partial charge < -0.3 is 15.0 Å². The molecule has 0 spiro atoms. The van der Waals surface area contributed by atoms with Crippen molar-refractivity contribution in [3.63, 3.8) is 0 Å². The standard InChI is InChI=1S/C32H41N3O5S/c1-4-6-22-33-32(37)30(5-2)34(23-21-26-13-9-7-10-14-26)31(36)24-35(41(3,38)39)28-17-19-29(20-18-28)40-25-27-15-11-8-12-16-27/h7-20,30H,4-6,21-25H2,1-3H3,(H,33,37)/t30-/m1/s1. The molecule has 9 heteroatoms. The van der Waals surface area contributed by atoms with E-state index in [1.54, 1.807) is 24.3 Å². The molecule has 8 nitrogen and oxygen atoms in total. The predicted molar refractivity (Wildman–Crippen MR) is 163 cm³/mol. The van der Waals surface area contributed by atoms with Crippen molar-refractivity contribution in [3.8, 4) is 5.75 Å². The maximum absolute atomic E-state index is 13.8. The minimum atomic E-state index is -3.81. The van der Waals surface area contributed by atoms with E-state index in [0.29, 0.717) is 37.4 Å². The summed E-state index contributed by atoms with van der Waals surface area (Å²) in [6, 6.07) is 25.3. The monoisotopic (exact) mass is 579 g/mol. The van der Waals surface area contributed by atoms with Crippen LogP contribution in [0.25, 0.3) is 0 Å². The lowest BCUT2D eigenvalue weighted by atomic mass is 10.1. The van der Waals surface area contributed by atoms with Gasteiger partial charge in [0, 0.05) is 13.1 Å². The number of hydrogen-bond donors (Lipinski definition) is 1. The molecule has 1 N–H and O–H groups in total. The van der Waals surface area contributed by atoms with E-state index in [1.807, 2.05) is 74.5 Å². The Morgan fingerprint density at radius 3 is 2.05 bits per heavy atom. The Hall–Kier alpha value is -3.85. The van der Waals surface area contributed by atoms with E-state index in [4.69, 9.17) is 4.74 Å². The second kappa shape index (κ2) is 15.8. The number of amides is 2. The summed E-state index contributed by atoms with van der Waals surface area (Å²) in [6.07, 6.45) is 3.80. The lowest BCUT2D eigenvalue weighted by molar-refractivity contribution is -0.139. The Morgan fingerprint density at radius 1 is 0.878 bits per heavy atom. The minimum absolute atomic E-state index is 0.229. The fraction of sp³-hybridized carbons (Fsp3) is 0.375. The molecule has 0 aliphatic carbocycles. The molecule has 0 aliphatic heterocycles. The highest BCUT2D eigenvalue weighted by Crippen LogP contribution is 2.23. The summed E-state index contributed by atoms with van der Waals surface area (Å²) >= 11 is 0. The van der Waals surface area contributed by atoms with Crippen LogP contribution in [0, 0.1) is 0 Å². The van der Waals surface area contributed by atoms with Gasteiger partial charge in [0.2, 0.25) is 21.8 Å². The number of carbonyl (C=O) groups excluding carboxylic acids is 2. The van der Waals surface area contributed by atoms with Crippen molar-refractivity contribution in [1.82, 2.24) is 10.2 Å². The lowest BCUT2D eigenvalue weighted by Crippen LogP contribution is -2.53. The zero-order valence-corrected chi connectivity index (χ0v) is 25.0. The van der Waals surface area contributed by atoms with E-state index in [1.165, 1.54) is 4.90 Å². The molecule has 0 saturated heterocycles. The molecule has 2 amide bonds. The molecule has 0 radical (unpaired) electrons. The molecule has 0 heterocycles. The highest BCUT2D eigenvalue weighted by atomic mass is 32.2. The average Bonchev–Trinajstić information content (AvgIpc) is 2.97. The van der Waals surface area contributed by atoms with Gasteiger partial charge >= 0.3 is 0 Å². The molecule has 0 saturated carbocycles. The normalized spacial score (nSPS) is 11.9. The molecule has 3 aromatic carbocycles.